The van der Waals surface area contributed by atoms with Crippen LogP contribution in [0.2, 0.25) is 0 Å². The molecule has 1 heterocycles. The van der Waals surface area contributed by atoms with E-state index in [-0.39, 0.29) is 11.0 Å². The molecule has 0 aliphatic heterocycles. The fraction of sp³-hybridized carbons (Fsp3) is 0.368. The number of nitrogens with one attached hydrogen (secondary N) is 1. The summed E-state index contributed by atoms with van der Waals surface area (Å²) >= 11 is 0. The van der Waals surface area contributed by atoms with Gasteiger partial charge in [0.25, 0.3) is 0 Å². The van der Waals surface area contributed by atoms with Gasteiger partial charge < -0.3 is 5.32 Å². The maximum Gasteiger partial charge on any atom is 0.471 e. The van der Waals surface area contributed by atoms with Crippen LogP contribution in [-0.4, -0.2) is 34.4 Å². The molecule has 1 amide bonds. The van der Waals surface area contributed by atoms with E-state index in [2.05, 4.69) is 34.2 Å². The first-order chi connectivity index (χ1) is 12.7. The van der Waals surface area contributed by atoms with Gasteiger partial charge in [0.2, 0.25) is 0 Å². The third-order valence-corrected chi connectivity index (χ3v) is 4.71. The van der Waals surface area contributed by atoms with Crippen LogP contribution in [0.25, 0.3) is 0 Å². The number of ketones is 1. The number of hydrogen-bond acceptors (Lipinski definition) is 4. The van der Waals surface area contributed by atoms with Gasteiger partial charge in [0, 0.05) is 24.2 Å². The number of hydrogen-bond donors (Lipinski definition) is 1. The highest BCUT2D eigenvalue weighted by Crippen LogP contribution is 2.50. The Labute approximate surface area is 154 Å². The molecule has 0 spiro atoms. The molecule has 0 radical (unpaired) electrons. The molecule has 0 saturated heterocycles. The Morgan fingerprint density at radius 2 is 1.70 bits per heavy atom. The van der Waals surface area contributed by atoms with Crippen molar-refractivity contribution in [1.29, 1.82) is 0 Å². The molecule has 1 aromatic carbocycles. The van der Waals surface area contributed by atoms with Crippen molar-refractivity contribution in [3.8, 4) is 0 Å². The maximum absolute atomic E-state index is 12.1. The Morgan fingerprint density at radius 3 is 2.22 bits per heavy atom. The lowest BCUT2D eigenvalue weighted by Gasteiger charge is -2.15. The van der Waals surface area contributed by atoms with Crippen LogP contribution in [0, 0.1) is 6.92 Å². The lowest BCUT2D eigenvalue weighted by Crippen LogP contribution is -2.39. The predicted molar refractivity (Wildman–Crippen MR) is 91.2 cm³/mol. The van der Waals surface area contributed by atoms with E-state index in [9.17, 15) is 22.8 Å². The summed E-state index contributed by atoms with van der Waals surface area (Å²) in [4.78, 5) is 31.0. The minimum absolute atomic E-state index is 0.0138. The van der Waals surface area contributed by atoms with E-state index in [1.807, 2.05) is 6.92 Å². The highest BCUT2D eigenvalue weighted by Gasteiger charge is 2.44. The van der Waals surface area contributed by atoms with Crippen LogP contribution in [0.15, 0.2) is 36.7 Å². The number of alkyl halides is 3. The molecule has 8 heteroatoms. The number of nitrogens with zero attached hydrogens (tertiary/aromatic N) is 2. The third kappa shape index (κ3) is 4.50. The minimum atomic E-state index is -5.02. The summed E-state index contributed by atoms with van der Waals surface area (Å²) in [6.45, 7) is 1.27. The van der Waals surface area contributed by atoms with Gasteiger partial charge >= 0.3 is 12.1 Å². The maximum atomic E-state index is 12.1. The molecule has 0 atom stereocenters. The van der Waals surface area contributed by atoms with Gasteiger partial charge in [-0.05, 0) is 25.3 Å². The number of amides is 1. The number of halogens is 3. The topological polar surface area (TPSA) is 72.0 Å². The van der Waals surface area contributed by atoms with Gasteiger partial charge in [0.1, 0.15) is 5.82 Å². The molecule has 1 aromatic heterocycles. The summed E-state index contributed by atoms with van der Waals surface area (Å²) in [6, 6.07) is 8.33. The van der Waals surface area contributed by atoms with E-state index in [1.165, 1.54) is 23.5 Å². The first-order valence-electron chi connectivity index (χ1n) is 8.46. The van der Waals surface area contributed by atoms with Crippen LogP contribution in [0.3, 0.4) is 0 Å². The number of carbonyl (C=O) groups excluding carboxylic acids is 2. The number of benzene rings is 1. The fourth-order valence-corrected chi connectivity index (χ4v) is 2.88. The van der Waals surface area contributed by atoms with Crippen molar-refractivity contribution in [3.05, 3.63) is 59.2 Å². The monoisotopic (exact) mass is 377 g/mol. The van der Waals surface area contributed by atoms with Gasteiger partial charge in [-0.2, -0.15) is 13.2 Å². The fourth-order valence-electron chi connectivity index (χ4n) is 2.88. The molecular weight excluding hydrogens is 359 g/mol. The zero-order chi connectivity index (χ0) is 19.7. The van der Waals surface area contributed by atoms with Crippen molar-refractivity contribution in [2.24, 2.45) is 0 Å². The van der Waals surface area contributed by atoms with Crippen LogP contribution in [0.5, 0.6) is 0 Å². The van der Waals surface area contributed by atoms with Gasteiger partial charge in [-0.1, -0.05) is 29.8 Å². The van der Waals surface area contributed by atoms with E-state index < -0.39 is 24.4 Å². The Hall–Kier alpha value is -2.77. The third-order valence-electron chi connectivity index (χ3n) is 4.71. The first-order valence-corrected chi connectivity index (χ1v) is 8.46. The van der Waals surface area contributed by atoms with Crippen molar-refractivity contribution in [1.82, 2.24) is 15.3 Å². The minimum Gasteiger partial charge on any atom is -0.341 e. The molecule has 0 bridgehead atoms. The molecule has 0 unspecified atom stereocenters. The van der Waals surface area contributed by atoms with Gasteiger partial charge in [-0.15, -0.1) is 0 Å². The van der Waals surface area contributed by atoms with Crippen LogP contribution in [0.1, 0.15) is 40.2 Å². The zero-order valence-corrected chi connectivity index (χ0v) is 14.6. The smallest absolute Gasteiger partial charge is 0.341 e. The molecule has 2 aromatic rings. The predicted octanol–water partition coefficient (Wildman–Crippen LogP) is 2.92. The van der Waals surface area contributed by atoms with Crippen LogP contribution in [-0.2, 0) is 16.6 Å². The van der Waals surface area contributed by atoms with Gasteiger partial charge in [0.05, 0.1) is 12.1 Å². The number of aromatic nitrogens is 2. The second kappa shape index (κ2) is 7.09. The number of carbonyl (C=O) groups is 2. The van der Waals surface area contributed by atoms with E-state index >= 15 is 0 Å². The van der Waals surface area contributed by atoms with E-state index in [0.717, 1.165) is 12.8 Å². The lowest BCUT2D eigenvalue weighted by atomic mass is 9.91. The SMILES string of the molecule is Cc1ccc(C2(Cc3ncc(C(=O)CNC(=O)C(F)(F)F)cn3)CC2)cc1. The van der Waals surface area contributed by atoms with Crippen molar-refractivity contribution >= 4 is 11.7 Å². The van der Waals surface area contributed by atoms with Gasteiger partial charge in [-0.3, -0.25) is 9.59 Å². The molecule has 3 rings (SSSR count). The summed E-state index contributed by atoms with van der Waals surface area (Å²) in [5.74, 6) is -2.26. The molecule has 5 nitrogen and oxygen atoms in total. The molecule has 1 N–H and O–H groups in total. The van der Waals surface area contributed by atoms with Crippen LogP contribution in [0.4, 0.5) is 13.2 Å². The summed E-state index contributed by atoms with van der Waals surface area (Å²) in [5, 5.41) is 1.54. The Bertz CT molecular complexity index is 842. The first kappa shape index (κ1) is 19.0. The Kier molecular flexibility index (Phi) is 4.99. The Balaban J connectivity index is 1.61. The molecule has 27 heavy (non-hydrogen) atoms. The average Bonchev–Trinajstić information content (AvgIpc) is 3.40. The number of rotatable bonds is 6. The van der Waals surface area contributed by atoms with Crippen LogP contribution >= 0.6 is 0 Å². The highest BCUT2D eigenvalue weighted by atomic mass is 19.4. The van der Waals surface area contributed by atoms with E-state index in [1.54, 1.807) is 5.32 Å². The van der Waals surface area contributed by atoms with Gasteiger partial charge in [0.15, 0.2) is 5.78 Å². The second-order valence-electron chi connectivity index (χ2n) is 6.81. The molecule has 1 aliphatic carbocycles. The summed E-state index contributed by atoms with van der Waals surface area (Å²) in [7, 11) is 0. The molecule has 142 valence electrons. The normalized spacial score (nSPS) is 15.3. The van der Waals surface area contributed by atoms with Crippen molar-refractivity contribution in [2.45, 2.75) is 37.8 Å². The zero-order valence-electron chi connectivity index (χ0n) is 14.6. The molecule has 1 aliphatic rings. The molecule has 1 fully saturated rings. The summed E-state index contributed by atoms with van der Waals surface area (Å²) in [6.07, 6.45) is 0.253. The summed E-state index contributed by atoms with van der Waals surface area (Å²) in [5.41, 5.74) is 2.49. The van der Waals surface area contributed by atoms with Gasteiger partial charge in [-0.25, -0.2) is 9.97 Å². The highest BCUT2D eigenvalue weighted by molar-refractivity contribution is 5.99. The van der Waals surface area contributed by atoms with E-state index in [4.69, 9.17) is 0 Å². The Morgan fingerprint density at radius 1 is 1.11 bits per heavy atom. The number of Topliss-reactive ketones (excluding diaryl/α,β-unsaturated/α-hetero) is 1. The quantitative estimate of drug-likeness (QED) is 0.786. The second-order valence-corrected chi connectivity index (χ2v) is 6.81. The van der Waals surface area contributed by atoms with Crippen molar-refractivity contribution in [2.75, 3.05) is 6.54 Å². The van der Waals surface area contributed by atoms with E-state index in [0.29, 0.717) is 12.2 Å². The number of aryl methyl sites for hydroxylation is 1. The molecule has 1 saturated carbocycles. The lowest BCUT2D eigenvalue weighted by molar-refractivity contribution is -0.173. The standard InChI is InChI=1S/C19H18F3N3O2/c1-12-2-4-14(5-3-12)18(6-7-18)8-16-23-9-13(10-24-16)15(26)11-25-17(27)19(20,21)22/h2-5,9-10H,6-8,11H2,1H3,(H,25,27). The summed E-state index contributed by atoms with van der Waals surface area (Å²) < 4.78 is 36.4. The average molecular weight is 377 g/mol. The van der Waals surface area contributed by atoms with Crippen molar-refractivity contribution in [3.63, 3.8) is 0 Å². The molecular formula is C19H18F3N3O2. The van der Waals surface area contributed by atoms with Crippen molar-refractivity contribution < 1.29 is 22.8 Å². The van der Waals surface area contributed by atoms with Crippen LogP contribution < -0.4 is 5.32 Å². The largest absolute Gasteiger partial charge is 0.471 e.